The van der Waals surface area contributed by atoms with E-state index in [0.717, 1.165) is 51.8 Å². The lowest BCUT2D eigenvalue weighted by Crippen LogP contribution is -2.12. The van der Waals surface area contributed by atoms with E-state index in [9.17, 15) is 4.79 Å². The highest BCUT2D eigenvalue weighted by molar-refractivity contribution is 6.04. The minimum atomic E-state index is -0.129. The van der Waals surface area contributed by atoms with E-state index in [-0.39, 0.29) is 11.6 Å². The fourth-order valence-electron chi connectivity index (χ4n) is 4.33. The molecule has 4 aromatic rings. The van der Waals surface area contributed by atoms with Crippen molar-refractivity contribution in [3.05, 3.63) is 52.1 Å². The molecule has 1 fully saturated rings. The first-order chi connectivity index (χ1) is 14.1. The molecule has 0 saturated carbocycles. The predicted molar refractivity (Wildman–Crippen MR) is 112 cm³/mol. The van der Waals surface area contributed by atoms with Gasteiger partial charge in [-0.2, -0.15) is 5.10 Å². The summed E-state index contributed by atoms with van der Waals surface area (Å²) in [6, 6.07) is 8.23. The van der Waals surface area contributed by atoms with Crippen LogP contribution in [0, 0.1) is 13.8 Å². The number of aromatic amines is 1. The Kier molecular flexibility index (Phi) is 4.13. The standard InChI is InChI=1S/C22H22N4O3/c1-12-8-19(28-3)24-13(2)20(12)14-4-5-16-18(9-14)25-22(27)17-10-23-26(21(16)17)15-6-7-29-11-15/h4-5,8-10,15H,6-7,11H2,1-3H3,(H,25,27). The lowest BCUT2D eigenvalue weighted by Gasteiger charge is -2.14. The zero-order valence-corrected chi connectivity index (χ0v) is 16.7. The molecule has 1 aliphatic heterocycles. The molecular formula is C22H22N4O3. The number of aryl methyl sites for hydroxylation is 2. The van der Waals surface area contributed by atoms with Gasteiger partial charge < -0.3 is 14.5 Å². The number of hydrogen-bond acceptors (Lipinski definition) is 5. The molecule has 1 N–H and O–H groups in total. The maximum absolute atomic E-state index is 12.7. The fourth-order valence-corrected chi connectivity index (χ4v) is 4.33. The summed E-state index contributed by atoms with van der Waals surface area (Å²) in [6.07, 6.45) is 2.56. The molecule has 1 atom stereocenters. The van der Waals surface area contributed by atoms with Crippen molar-refractivity contribution in [1.82, 2.24) is 19.7 Å². The van der Waals surface area contributed by atoms with Crippen molar-refractivity contribution in [2.24, 2.45) is 0 Å². The van der Waals surface area contributed by atoms with E-state index >= 15 is 0 Å². The average Bonchev–Trinajstić information content (AvgIpc) is 3.37. The summed E-state index contributed by atoms with van der Waals surface area (Å²) < 4.78 is 12.8. The topological polar surface area (TPSA) is 82.0 Å². The minimum absolute atomic E-state index is 0.129. The van der Waals surface area contributed by atoms with Crippen LogP contribution < -0.4 is 10.3 Å². The van der Waals surface area contributed by atoms with Crippen LogP contribution in [0.3, 0.4) is 0 Å². The largest absolute Gasteiger partial charge is 0.481 e. The van der Waals surface area contributed by atoms with E-state index in [0.29, 0.717) is 17.9 Å². The number of ether oxygens (including phenoxy) is 2. The van der Waals surface area contributed by atoms with Crippen molar-refractivity contribution in [2.45, 2.75) is 26.3 Å². The summed E-state index contributed by atoms with van der Waals surface area (Å²) in [5, 5.41) is 6.09. The van der Waals surface area contributed by atoms with Crippen LogP contribution in [-0.2, 0) is 4.74 Å². The van der Waals surface area contributed by atoms with Gasteiger partial charge in [-0.3, -0.25) is 9.48 Å². The van der Waals surface area contributed by atoms with Crippen LogP contribution in [0.5, 0.6) is 5.88 Å². The molecular weight excluding hydrogens is 368 g/mol. The molecule has 0 aliphatic carbocycles. The number of hydrogen-bond donors (Lipinski definition) is 1. The molecule has 0 spiro atoms. The Morgan fingerprint density at radius 2 is 2.10 bits per heavy atom. The van der Waals surface area contributed by atoms with Crippen molar-refractivity contribution in [3.63, 3.8) is 0 Å². The average molecular weight is 390 g/mol. The molecule has 7 nitrogen and oxygen atoms in total. The third-order valence-electron chi connectivity index (χ3n) is 5.69. The Balaban J connectivity index is 1.73. The Hall–Kier alpha value is -3.19. The van der Waals surface area contributed by atoms with Crippen LogP contribution in [0.1, 0.15) is 23.7 Å². The first-order valence-electron chi connectivity index (χ1n) is 9.70. The Bertz CT molecular complexity index is 1280. The number of fused-ring (bicyclic) bond motifs is 3. The fraction of sp³-hybridized carbons (Fsp3) is 0.318. The summed E-state index contributed by atoms with van der Waals surface area (Å²) in [5.41, 5.74) is 5.54. The normalized spacial score (nSPS) is 16.7. The summed E-state index contributed by atoms with van der Waals surface area (Å²) in [5.74, 6) is 0.599. The van der Waals surface area contributed by atoms with E-state index < -0.39 is 0 Å². The molecule has 0 bridgehead atoms. The molecule has 1 aliphatic rings. The van der Waals surface area contributed by atoms with Crippen LogP contribution in [-0.4, -0.2) is 40.1 Å². The van der Waals surface area contributed by atoms with Gasteiger partial charge in [0.1, 0.15) is 0 Å². The highest BCUT2D eigenvalue weighted by atomic mass is 16.5. The molecule has 1 aromatic carbocycles. The number of nitrogens with one attached hydrogen (secondary N) is 1. The van der Waals surface area contributed by atoms with Gasteiger partial charge in [0.15, 0.2) is 0 Å². The molecule has 0 radical (unpaired) electrons. The summed E-state index contributed by atoms with van der Waals surface area (Å²) in [4.78, 5) is 20.3. The first-order valence-corrected chi connectivity index (χ1v) is 9.70. The van der Waals surface area contributed by atoms with Gasteiger partial charge >= 0.3 is 0 Å². The van der Waals surface area contributed by atoms with Gasteiger partial charge in [-0.1, -0.05) is 12.1 Å². The second-order valence-corrected chi connectivity index (χ2v) is 7.53. The first kappa shape index (κ1) is 17.9. The number of H-pyrrole nitrogens is 1. The van der Waals surface area contributed by atoms with Crippen molar-refractivity contribution in [2.75, 3.05) is 20.3 Å². The summed E-state index contributed by atoms with van der Waals surface area (Å²) in [7, 11) is 1.62. The molecule has 0 amide bonds. The highest BCUT2D eigenvalue weighted by Gasteiger charge is 2.22. The zero-order valence-electron chi connectivity index (χ0n) is 16.7. The van der Waals surface area contributed by atoms with Crippen LogP contribution in [0.4, 0.5) is 0 Å². The van der Waals surface area contributed by atoms with Crippen molar-refractivity contribution in [1.29, 1.82) is 0 Å². The van der Waals surface area contributed by atoms with E-state index in [1.54, 1.807) is 13.3 Å². The number of rotatable bonds is 3. The monoisotopic (exact) mass is 390 g/mol. The van der Waals surface area contributed by atoms with Crippen molar-refractivity contribution >= 4 is 21.8 Å². The molecule has 3 aromatic heterocycles. The Morgan fingerprint density at radius 1 is 1.24 bits per heavy atom. The Morgan fingerprint density at radius 3 is 2.83 bits per heavy atom. The molecule has 29 heavy (non-hydrogen) atoms. The third-order valence-corrected chi connectivity index (χ3v) is 5.69. The van der Waals surface area contributed by atoms with Gasteiger partial charge in [0.25, 0.3) is 5.56 Å². The number of aromatic nitrogens is 4. The molecule has 7 heteroatoms. The number of methoxy groups -OCH3 is 1. The Labute approximate surface area is 167 Å². The quantitative estimate of drug-likeness (QED) is 0.579. The van der Waals surface area contributed by atoms with Crippen molar-refractivity contribution < 1.29 is 9.47 Å². The molecule has 1 saturated heterocycles. The van der Waals surface area contributed by atoms with Gasteiger partial charge in [-0.25, -0.2) is 4.98 Å². The maximum atomic E-state index is 12.7. The van der Waals surface area contributed by atoms with Crippen LogP contribution in [0.15, 0.2) is 35.3 Å². The number of nitrogens with zero attached hydrogens (tertiary/aromatic N) is 3. The molecule has 1 unspecified atom stereocenters. The van der Waals surface area contributed by atoms with Gasteiger partial charge in [0.05, 0.1) is 42.4 Å². The zero-order chi connectivity index (χ0) is 20.1. The van der Waals surface area contributed by atoms with Crippen LogP contribution in [0.2, 0.25) is 0 Å². The van der Waals surface area contributed by atoms with Gasteiger partial charge in [0, 0.05) is 29.3 Å². The van der Waals surface area contributed by atoms with Gasteiger partial charge in [0.2, 0.25) is 5.88 Å². The van der Waals surface area contributed by atoms with E-state index in [4.69, 9.17) is 9.47 Å². The van der Waals surface area contributed by atoms with Gasteiger partial charge in [-0.15, -0.1) is 0 Å². The maximum Gasteiger partial charge on any atom is 0.259 e. The number of pyridine rings is 2. The predicted octanol–water partition coefficient (Wildman–Crippen LogP) is 3.53. The second-order valence-electron chi connectivity index (χ2n) is 7.53. The summed E-state index contributed by atoms with van der Waals surface area (Å²) in [6.45, 7) is 5.35. The van der Waals surface area contributed by atoms with E-state index in [2.05, 4.69) is 27.2 Å². The molecule has 148 valence electrons. The van der Waals surface area contributed by atoms with Gasteiger partial charge in [-0.05, 0) is 37.5 Å². The lowest BCUT2D eigenvalue weighted by atomic mass is 9.98. The number of benzene rings is 1. The third kappa shape index (κ3) is 2.81. The molecule has 5 rings (SSSR count). The van der Waals surface area contributed by atoms with Crippen LogP contribution in [0.25, 0.3) is 32.9 Å². The van der Waals surface area contributed by atoms with Crippen molar-refractivity contribution in [3.8, 4) is 17.0 Å². The van der Waals surface area contributed by atoms with E-state index in [1.165, 1.54) is 0 Å². The summed E-state index contributed by atoms with van der Waals surface area (Å²) >= 11 is 0. The molecule has 4 heterocycles. The SMILES string of the molecule is COc1cc(C)c(-c2ccc3c(c2)[nH]c(=O)c2cnn(C4CCOC4)c23)c(C)n1. The minimum Gasteiger partial charge on any atom is -0.481 e. The highest BCUT2D eigenvalue weighted by Crippen LogP contribution is 2.33. The smallest absolute Gasteiger partial charge is 0.259 e. The van der Waals surface area contributed by atoms with E-state index in [1.807, 2.05) is 30.7 Å². The second kappa shape index (κ2) is 6.70. The lowest BCUT2D eigenvalue weighted by molar-refractivity contribution is 0.185. The van der Waals surface area contributed by atoms with Crippen LogP contribution >= 0.6 is 0 Å².